The average Bonchev–Trinajstić information content (AvgIpc) is 2.44. The summed E-state index contributed by atoms with van der Waals surface area (Å²) in [5, 5.41) is 8.85. The van der Waals surface area contributed by atoms with Gasteiger partial charge in [-0.2, -0.15) is 5.26 Å². The lowest BCUT2D eigenvalue weighted by atomic mass is 10.0. The number of nitrogens with zero attached hydrogens (tertiary/aromatic N) is 2. The third-order valence-electron chi connectivity index (χ3n) is 2.38. The van der Waals surface area contributed by atoms with Gasteiger partial charge in [0.05, 0.1) is 18.2 Å². The first-order valence-corrected chi connectivity index (χ1v) is 6.09. The summed E-state index contributed by atoms with van der Waals surface area (Å²) in [4.78, 5) is 25.8. The molecule has 0 aliphatic rings. The molecule has 104 valence electrons. The summed E-state index contributed by atoms with van der Waals surface area (Å²) in [7, 11) is 3.41. The number of carbonyl (C=O) groups excluding carboxylic acids is 2. The molecule has 0 bridgehead atoms. The Kier molecular flexibility index (Phi) is 5.48. The molecule has 1 aromatic rings. The molecule has 0 N–H and O–H groups in total. The van der Waals surface area contributed by atoms with E-state index in [0.717, 1.165) is 0 Å². The molecule has 0 aliphatic heterocycles. The number of nitriles is 1. The number of esters is 1. The first-order valence-electron chi connectivity index (χ1n) is 6.09. The Morgan fingerprint density at radius 3 is 2.65 bits per heavy atom. The van der Waals surface area contributed by atoms with Crippen LogP contribution in [0.15, 0.2) is 36.0 Å². The summed E-state index contributed by atoms with van der Waals surface area (Å²) in [5.74, 6) is -1.14. The predicted octanol–water partition coefficient (Wildman–Crippen LogP) is 1.75. The van der Waals surface area contributed by atoms with Crippen molar-refractivity contribution < 1.29 is 14.3 Å². The second kappa shape index (κ2) is 7.10. The van der Waals surface area contributed by atoms with Gasteiger partial charge in [-0.05, 0) is 19.1 Å². The minimum absolute atomic E-state index is 0.0630. The molecule has 20 heavy (non-hydrogen) atoms. The summed E-state index contributed by atoms with van der Waals surface area (Å²) in [6.07, 6.45) is 1.42. The van der Waals surface area contributed by atoms with Crippen molar-refractivity contribution in [2.45, 2.75) is 6.92 Å². The highest BCUT2D eigenvalue weighted by atomic mass is 16.5. The fraction of sp³-hybridized carbons (Fsp3) is 0.267. The van der Waals surface area contributed by atoms with Crippen LogP contribution in [0.4, 0.5) is 0 Å². The quantitative estimate of drug-likeness (QED) is 0.268. The maximum atomic E-state index is 12.4. The van der Waals surface area contributed by atoms with Crippen LogP contribution in [0.2, 0.25) is 0 Å². The van der Waals surface area contributed by atoms with E-state index in [-0.39, 0.29) is 17.7 Å². The zero-order chi connectivity index (χ0) is 15.1. The van der Waals surface area contributed by atoms with Gasteiger partial charge in [-0.25, -0.2) is 4.79 Å². The molecule has 0 heterocycles. The molecule has 0 spiro atoms. The summed E-state index contributed by atoms with van der Waals surface area (Å²) in [6, 6.07) is 8.16. The van der Waals surface area contributed by atoms with Crippen molar-refractivity contribution in [2.75, 3.05) is 20.7 Å². The van der Waals surface area contributed by atoms with Crippen molar-refractivity contribution in [2.24, 2.45) is 0 Å². The lowest BCUT2D eigenvalue weighted by Gasteiger charge is -2.10. The smallest absolute Gasteiger partial charge is 0.343 e. The molecular formula is C15H16N2O3. The molecule has 0 unspecified atom stereocenters. The minimum Gasteiger partial charge on any atom is -0.462 e. The summed E-state index contributed by atoms with van der Waals surface area (Å²) in [6.45, 7) is 1.86. The molecular weight excluding hydrogens is 256 g/mol. The second-order valence-electron chi connectivity index (χ2n) is 4.25. The van der Waals surface area contributed by atoms with E-state index < -0.39 is 11.8 Å². The number of ether oxygens (including phenoxy) is 1. The highest BCUT2D eigenvalue weighted by molar-refractivity contribution is 6.24. The van der Waals surface area contributed by atoms with E-state index in [1.165, 1.54) is 12.3 Å². The number of ketones is 1. The van der Waals surface area contributed by atoms with Crippen LogP contribution in [0.3, 0.4) is 0 Å². The van der Waals surface area contributed by atoms with Gasteiger partial charge in [-0.15, -0.1) is 0 Å². The van der Waals surface area contributed by atoms with Crippen molar-refractivity contribution >= 4 is 11.8 Å². The van der Waals surface area contributed by atoms with Gasteiger partial charge >= 0.3 is 5.97 Å². The summed E-state index contributed by atoms with van der Waals surface area (Å²) >= 11 is 0. The van der Waals surface area contributed by atoms with Crippen LogP contribution in [-0.2, 0) is 9.53 Å². The Bertz CT molecular complexity index is 583. The van der Waals surface area contributed by atoms with E-state index >= 15 is 0 Å². The minimum atomic E-state index is -0.673. The molecule has 0 saturated heterocycles. The van der Waals surface area contributed by atoms with Crippen LogP contribution >= 0.6 is 0 Å². The van der Waals surface area contributed by atoms with Crippen LogP contribution in [0.5, 0.6) is 0 Å². The zero-order valence-corrected chi connectivity index (χ0v) is 11.7. The lowest BCUT2D eigenvalue weighted by molar-refractivity contribution is -0.138. The van der Waals surface area contributed by atoms with Crippen molar-refractivity contribution in [1.29, 1.82) is 5.26 Å². The monoisotopic (exact) mass is 272 g/mol. The van der Waals surface area contributed by atoms with Gasteiger partial charge in [0.1, 0.15) is 5.57 Å². The first-order chi connectivity index (χ1) is 9.49. The molecule has 1 aromatic carbocycles. The van der Waals surface area contributed by atoms with Gasteiger partial charge in [0.25, 0.3) is 0 Å². The highest BCUT2D eigenvalue weighted by Gasteiger charge is 2.21. The normalized spacial score (nSPS) is 10.6. The largest absolute Gasteiger partial charge is 0.462 e. The standard InChI is InChI=1S/C15H16N2O3/c1-4-20-15(19)13(10-17(2)3)14(18)12-7-5-6-11(8-12)9-16/h5-8,10H,4H2,1-3H3/b13-10+. The molecule has 1 rings (SSSR count). The number of carbonyl (C=O) groups is 2. The van der Waals surface area contributed by atoms with E-state index in [4.69, 9.17) is 10.00 Å². The number of hydrogen-bond acceptors (Lipinski definition) is 5. The summed E-state index contributed by atoms with van der Waals surface area (Å²) < 4.78 is 4.88. The molecule has 0 radical (unpaired) electrons. The van der Waals surface area contributed by atoms with E-state index in [1.807, 2.05) is 6.07 Å². The van der Waals surface area contributed by atoms with E-state index in [9.17, 15) is 9.59 Å². The Morgan fingerprint density at radius 1 is 1.40 bits per heavy atom. The van der Waals surface area contributed by atoms with E-state index in [2.05, 4.69) is 0 Å². The topological polar surface area (TPSA) is 70.4 Å². The van der Waals surface area contributed by atoms with Crippen LogP contribution < -0.4 is 0 Å². The lowest BCUT2D eigenvalue weighted by Crippen LogP contribution is -2.19. The van der Waals surface area contributed by atoms with Crippen molar-refractivity contribution in [3.05, 3.63) is 47.2 Å². The summed E-state index contributed by atoms with van der Waals surface area (Å²) in [5.41, 5.74) is 0.584. The molecule has 5 nitrogen and oxygen atoms in total. The Labute approximate surface area is 118 Å². The zero-order valence-electron chi connectivity index (χ0n) is 11.7. The van der Waals surface area contributed by atoms with Gasteiger partial charge < -0.3 is 9.64 Å². The number of hydrogen-bond donors (Lipinski definition) is 0. The van der Waals surface area contributed by atoms with Crippen LogP contribution in [0, 0.1) is 11.3 Å². The van der Waals surface area contributed by atoms with Gasteiger partial charge in [0, 0.05) is 25.9 Å². The average molecular weight is 272 g/mol. The third-order valence-corrected chi connectivity index (χ3v) is 2.38. The number of Topliss-reactive ketones (excluding diaryl/α,β-unsaturated/α-hetero) is 1. The van der Waals surface area contributed by atoms with Gasteiger partial charge in [0.15, 0.2) is 0 Å². The molecule has 0 aliphatic carbocycles. The van der Waals surface area contributed by atoms with Crippen molar-refractivity contribution in [3.63, 3.8) is 0 Å². The third kappa shape index (κ3) is 3.95. The second-order valence-corrected chi connectivity index (χ2v) is 4.25. The maximum absolute atomic E-state index is 12.4. The van der Waals surface area contributed by atoms with Gasteiger partial charge in [-0.1, -0.05) is 12.1 Å². The molecule has 0 aromatic heterocycles. The molecule has 0 saturated carbocycles. The van der Waals surface area contributed by atoms with Crippen LogP contribution in [-0.4, -0.2) is 37.4 Å². The van der Waals surface area contributed by atoms with Crippen LogP contribution in [0.25, 0.3) is 0 Å². The molecule has 5 heteroatoms. The maximum Gasteiger partial charge on any atom is 0.343 e. The van der Waals surface area contributed by atoms with E-state index in [0.29, 0.717) is 5.56 Å². The van der Waals surface area contributed by atoms with Gasteiger partial charge in [-0.3, -0.25) is 4.79 Å². The molecule has 0 amide bonds. The first kappa shape index (κ1) is 15.4. The Hall–Kier alpha value is -2.61. The SMILES string of the molecule is CCOC(=O)/C(=C/N(C)C)C(=O)c1cccc(C#N)c1. The molecule has 0 fully saturated rings. The molecule has 0 atom stereocenters. The Morgan fingerprint density at radius 2 is 2.10 bits per heavy atom. The predicted molar refractivity (Wildman–Crippen MR) is 73.9 cm³/mol. The number of benzene rings is 1. The van der Waals surface area contributed by atoms with Crippen molar-refractivity contribution in [3.8, 4) is 6.07 Å². The van der Waals surface area contributed by atoms with Crippen LogP contribution in [0.1, 0.15) is 22.8 Å². The fourth-order valence-electron chi connectivity index (χ4n) is 1.56. The Balaban J connectivity index is 3.17. The number of rotatable bonds is 5. The highest BCUT2D eigenvalue weighted by Crippen LogP contribution is 2.12. The van der Waals surface area contributed by atoms with Gasteiger partial charge in [0.2, 0.25) is 5.78 Å². The van der Waals surface area contributed by atoms with Crippen molar-refractivity contribution in [1.82, 2.24) is 4.90 Å². The fourth-order valence-corrected chi connectivity index (χ4v) is 1.56. The van der Waals surface area contributed by atoms with E-state index in [1.54, 1.807) is 44.1 Å².